The molecule has 4 bridgehead atoms. The van der Waals surface area contributed by atoms with Gasteiger partial charge in [-0.1, -0.05) is 0 Å². The highest BCUT2D eigenvalue weighted by Gasteiger charge is 2.57. The number of benzene rings is 1. The number of sulfone groups is 1. The van der Waals surface area contributed by atoms with E-state index in [1.807, 2.05) is 6.92 Å². The third-order valence-electron chi connectivity index (χ3n) is 9.21. The Morgan fingerprint density at radius 3 is 2.42 bits per heavy atom. The number of nitrogens with zero attached hydrogens (tertiary/aromatic N) is 2. The van der Waals surface area contributed by atoms with Gasteiger partial charge in [-0.2, -0.15) is 0 Å². The number of ether oxygens (including phenoxy) is 1. The molecule has 0 unspecified atom stereocenters. The number of fused-ring (bicyclic) bond motifs is 1. The van der Waals surface area contributed by atoms with Gasteiger partial charge in [-0.3, -0.25) is 0 Å². The van der Waals surface area contributed by atoms with E-state index in [0.717, 1.165) is 50.0 Å². The predicted octanol–water partition coefficient (Wildman–Crippen LogP) is 5.33. The molecule has 0 radical (unpaired) electrons. The Balaban J connectivity index is 1.52. The Bertz CT molecular complexity index is 1520. The van der Waals surface area contributed by atoms with Crippen molar-refractivity contribution in [3.63, 3.8) is 0 Å². The molecule has 0 amide bonds. The van der Waals surface area contributed by atoms with Crippen LogP contribution < -0.4 is 0 Å². The minimum atomic E-state index is -3.58. The first kappa shape index (κ1) is 25.9. The van der Waals surface area contributed by atoms with E-state index in [1.54, 1.807) is 30.8 Å². The second-order valence-corrected chi connectivity index (χ2v) is 14.9. The van der Waals surface area contributed by atoms with Gasteiger partial charge in [0.2, 0.25) is 0 Å². The molecular formula is C28H34BrN3O5S. The number of halogens is 1. The van der Waals surface area contributed by atoms with Crippen LogP contribution in [0.2, 0.25) is 0 Å². The van der Waals surface area contributed by atoms with Gasteiger partial charge < -0.3 is 19.4 Å². The summed E-state index contributed by atoms with van der Waals surface area (Å²) in [7, 11) is -1.79. The van der Waals surface area contributed by atoms with Crippen molar-refractivity contribution in [2.75, 3.05) is 6.61 Å². The summed E-state index contributed by atoms with van der Waals surface area (Å²) in [6.45, 7) is 3.74. The Kier molecular flexibility index (Phi) is 6.22. The van der Waals surface area contributed by atoms with Crippen LogP contribution in [-0.2, 0) is 33.8 Å². The molecule has 0 spiro atoms. The van der Waals surface area contributed by atoms with Gasteiger partial charge in [-0.15, -0.1) is 0 Å². The normalized spacial score (nSPS) is 26.4. The molecule has 0 saturated heterocycles. The lowest BCUT2D eigenvalue weighted by atomic mass is 9.56. The molecule has 2 N–H and O–H groups in total. The van der Waals surface area contributed by atoms with Crippen molar-refractivity contribution in [2.45, 2.75) is 69.3 Å². The molecule has 0 atom stereocenters. The standard InChI is InChI=1S/C28H34BrN3O5S/c1-4-37-27(34)25-23(14-38(35,36)28-10-16-5-17(11-28)7-18(6-16)12-28)32(3)22-9-21(29)26(33)20(24(22)25)8-19-13-30-15(2)31-19/h9,13,16-18,33H,4-8,10-12,14H2,1-3H3,(H,30,31). The molecule has 2 heterocycles. The summed E-state index contributed by atoms with van der Waals surface area (Å²) in [6, 6.07) is 1.75. The lowest BCUT2D eigenvalue weighted by Crippen LogP contribution is -2.55. The molecule has 10 heteroatoms. The predicted molar refractivity (Wildman–Crippen MR) is 148 cm³/mol. The molecule has 4 fully saturated rings. The zero-order valence-electron chi connectivity index (χ0n) is 22.0. The SMILES string of the molecule is CCOC(=O)c1c(CS(=O)(=O)C23CC4CC(CC(C4)C2)C3)n(C)c2cc(Br)c(O)c(Cc3cnc(C)[nH]3)c12. The Morgan fingerprint density at radius 1 is 1.24 bits per heavy atom. The molecule has 1 aromatic carbocycles. The Morgan fingerprint density at radius 2 is 1.87 bits per heavy atom. The number of carbonyl (C=O) groups is 1. The van der Waals surface area contributed by atoms with Crippen molar-refractivity contribution in [1.29, 1.82) is 0 Å². The van der Waals surface area contributed by atoms with Crippen molar-refractivity contribution < 1.29 is 23.1 Å². The van der Waals surface area contributed by atoms with Crippen LogP contribution in [0.3, 0.4) is 0 Å². The van der Waals surface area contributed by atoms with Crippen LogP contribution in [0.25, 0.3) is 10.9 Å². The zero-order valence-corrected chi connectivity index (χ0v) is 24.4. The quantitative estimate of drug-likeness (QED) is 0.353. The number of carbonyl (C=O) groups excluding carboxylic acids is 1. The number of aryl methyl sites for hydroxylation is 2. The van der Waals surface area contributed by atoms with Crippen molar-refractivity contribution in [3.8, 4) is 5.75 Å². The van der Waals surface area contributed by atoms with Crippen LogP contribution in [0.15, 0.2) is 16.7 Å². The molecule has 4 saturated carbocycles. The molecular weight excluding hydrogens is 570 g/mol. The average Bonchev–Trinajstić information content (AvgIpc) is 3.36. The molecule has 2 aromatic heterocycles. The fraction of sp³-hybridized carbons (Fsp3) is 0.571. The number of hydrogen-bond acceptors (Lipinski definition) is 6. The Hall–Kier alpha value is -2.33. The lowest BCUT2D eigenvalue weighted by molar-refractivity contribution is 0.0337. The van der Waals surface area contributed by atoms with Crippen LogP contribution in [0.5, 0.6) is 5.75 Å². The number of esters is 1. The molecule has 204 valence electrons. The number of aromatic amines is 1. The number of hydrogen-bond donors (Lipinski definition) is 2. The summed E-state index contributed by atoms with van der Waals surface area (Å²) in [5, 5.41) is 11.6. The van der Waals surface area contributed by atoms with Gasteiger partial charge in [-0.25, -0.2) is 18.2 Å². The van der Waals surface area contributed by atoms with Gasteiger partial charge in [0, 0.05) is 42.0 Å². The van der Waals surface area contributed by atoms with E-state index >= 15 is 0 Å². The maximum Gasteiger partial charge on any atom is 0.340 e. The van der Waals surface area contributed by atoms with Gasteiger partial charge >= 0.3 is 5.97 Å². The van der Waals surface area contributed by atoms with E-state index in [-0.39, 0.29) is 23.7 Å². The Labute approximate surface area is 231 Å². The molecule has 4 aliphatic rings. The van der Waals surface area contributed by atoms with E-state index in [2.05, 4.69) is 25.9 Å². The highest BCUT2D eigenvalue weighted by Crippen LogP contribution is 2.59. The van der Waals surface area contributed by atoms with E-state index < -0.39 is 20.6 Å². The summed E-state index contributed by atoms with van der Waals surface area (Å²) in [5.74, 6) is 1.43. The van der Waals surface area contributed by atoms with Gasteiger partial charge in [0.25, 0.3) is 0 Å². The van der Waals surface area contributed by atoms with Gasteiger partial charge in [0.15, 0.2) is 9.84 Å². The number of phenols is 1. The highest BCUT2D eigenvalue weighted by molar-refractivity contribution is 9.10. The lowest BCUT2D eigenvalue weighted by Gasteiger charge is -2.56. The van der Waals surface area contributed by atoms with Crippen molar-refractivity contribution in [3.05, 3.63) is 45.1 Å². The van der Waals surface area contributed by atoms with Crippen LogP contribution in [0.1, 0.15) is 78.6 Å². The van der Waals surface area contributed by atoms with E-state index in [1.165, 1.54) is 0 Å². The smallest absolute Gasteiger partial charge is 0.340 e. The second kappa shape index (κ2) is 9.11. The monoisotopic (exact) mass is 603 g/mol. The summed E-state index contributed by atoms with van der Waals surface area (Å²) in [5.41, 5.74) is 2.62. The van der Waals surface area contributed by atoms with E-state index in [0.29, 0.717) is 50.8 Å². The maximum absolute atomic E-state index is 14.3. The van der Waals surface area contributed by atoms with Gasteiger partial charge in [-0.05, 0) is 92.1 Å². The summed E-state index contributed by atoms with van der Waals surface area (Å²) in [4.78, 5) is 20.9. The zero-order chi connectivity index (χ0) is 27.0. The second-order valence-electron chi connectivity index (χ2n) is 11.7. The molecule has 38 heavy (non-hydrogen) atoms. The highest BCUT2D eigenvalue weighted by atomic mass is 79.9. The van der Waals surface area contributed by atoms with Crippen molar-refractivity contribution in [1.82, 2.24) is 14.5 Å². The first-order valence-corrected chi connectivity index (χ1v) is 15.9. The molecule has 7 rings (SSSR count). The first-order chi connectivity index (χ1) is 18.0. The molecule has 3 aromatic rings. The first-order valence-electron chi connectivity index (χ1n) is 13.4. The third-order valence-corrected chi connectivity index (χ3v) is 12.3. The van der Waals surface area contributed by atoms with Crippen LogP contribution in [0, 0.1) is 24.7 Å². The van der Waals surface area contributed by atoms with Crippen LogP contribution in [-0.4, -0.2) is 45.4 Å². The van der Waals surface area contributed by atoms with Crippen LogP contribution >= 0.6 is 15.9 Å². The number of rotatable bonds is 7. The maximum atomic E-state index is 14.3. The fourth-order valence-electron chi connectivity index (χ4n) is 7.94. The van der Waals surface area contributed by atoms with Gasteiger partial charge in [0.1, 0.15) is 11.6 Å². The number of imidazole rings is 1. The van der Waals surface area contributed by atoms with Crippen molar-refractivity contribution in [2.24, 2.45) is 24.8 Å². The average molecular weight is 605 g/mol. The van der Waals surface area contributed by atoms with E-state index in [9.17, 15) is 18.3 Å². The molecule has 4 aliphatic carbocycles. The molecule has 8 nitrogen and oxygen atoms in total. The van der Waals surface area contributed by atoms with E-state index in [4.69, 9.17) is 4.74 Å². The number of nitrogens with one attached hydrogen (secondary N) is 1. The van der Waals surface area contributed by atoms with Crippen molar-refractivity contribution >= 4 is 42.6 Å². The number of H-pyrrole nitrogens is 1. The summed E-state index contributed by atoms with van der Waals surface area (Å²) >= 11 is 3.47. The number of aromatic nitrogens is 3. The topological polar surface area (TPSA) is 114 Å². The fourth-order valence-corrected chi connectivity index (χ4v) is 10.9. The third kappa shape index (κ3) is 4.01. The minimum absolute atomic E-state index is 0.0105. The molecule has 0 aliphatic heterocycles. The number of aromatic hydroxyl groups is 1. The van der Waals surface area contributed by atoms with Crippen LogP contribution in [0.4, 0.5) is 0 Å². The summed E-state index contributed by atoms with van der Waals surface area (Å²) in [6.07, 6.45) is 7.65. The largest absolute Gasteiger partial charge is 0.506 e. The van der Waals surface area contributed by atoms with Gasteiger partial charge in [0.05, 0.1) is 32.7 Å². The minimum Gasteiger partial charge on any atom is -0.506 e. The number of phenolic OH excluding ortho intramolecular Hbond substituents is 1. The summed E-state index contributed by atoms with van der Waals surface area (Å²) < 4.78 is 35.6.